The van der Waals surface area contributed by atoms with E-state index in [4.69, 9.17) is 15.4 Å². The minimum absolute atomic E-state index is 0.0534. The fourth-order valence-corrected chi connectivity index (χ4v) is 2.69. The Balaban J connectivity index is 2.12. The fraction of sp³-hybridized carbons (Fsp3) is 0.188. The van der Waals surface area contributed by atoms with Crippen LogP contribution in [0.1, 0.15) is 13.8 Å². The van der Waals surface area contributed by atoms with Crippen molar-refractivity contribution in [3.05, 3.63) is 48.5 Å². The van der Waals surface area contributed by atoms with Crippen molar-refractivity contribution in [1.29, 1.82) is 0 Å². The number of amides is 1. The van der Waals surface area contributed by atoms with Gasteiger partial charge in [-0.15, -0.1) is 0 Å². The molecule has 0 heterocycles. The molecule has 122 valence electrons. The monoisotopic (exact) mass is 353 g/mol. The maximum atomic E-state index is 11.5. The number of halogens is 1. The molecule has 2 aromatic rings. The fourth-order valence-electron chi connectivity index (χ4n) is 1.92. The van der Waals surface area contributed by atoms with Gasteiger partial charge in [-0.05, 0) is 49.2 Å². The third kappa shape index (κ3) is 4.97. The number of ether oxygens (including phenoxy) is 1. The van der Waals surface area contributed by atoms with Crippen molar-refractivity contribution < 1.29 is 17.9 Å². The zero-order chi connectivity index (χ0) is 17.0. The lowest BCUT2D eigenvalue weighted by molar-refractivity contribution is 0.130. The summed E-state index contributed by atoms with van der Waals surface area (Å²) in [4.78, 5) is 11.6. The van der Waals surface area contributed by atoms with Crippen LogP contribution in [0.4, 0.5) is 10.5 Å². The van der Waals surface area contributed by atoms with Crippen molar-refractivity contribution in [3.8, 4) is 11.1 Å². The van der Waals surface area contributed by atoms with Crippen LogP contribution in [0.5, 0.6) is 0 Å². The summed E-state index contributed by atoms with van der Waals surface area (Å²) in [5, 5.41) is 2.62. The molecule has 0 aliphatic rings. The lowest BCUT2D eigenvalue weighted by atomic mass is 10.1. The van der Waals surface area contributed by atoms with E-state index in [2.05, 4.69) is 5.32 Å². The number of carbonyl (C=O) groups is 1. The molecule has 0 aliphatic heterocycles. The molecule has 1 N–H and O–H groups in total. The van der Waals surface area contributed by atoms with Crippen LogP contribution in [-0.4, -0.2) is 20.6 Å². The summed E-state index contributed by atoms with van der Waals surface area (Å²) in [5.74, 6) is 0. The van der Waals surface area contributed by atoms with Gasteiger partial charge < -0.3 is 4.74 Å². The molecule has 0 aliphatic carbocycles. The summed E-state index contributed by atoms with van der Waals surface area (Å²) in [7, 11) is 1.56. The first-order chi connectivity index (χ1) is 10.8. The first-order valence-electron chi connectivity index (χ1n) is 6.88. The summed E-state index contributed by atoms with van der Waals surface area (Å²) >= 11 is 0. The Labute approximate surface area is 139 Å². The molecule has 0 unspecified atom stereocenters. The Morgan fingerprint density at radius 1 is 1.00 bits per heavy atom. The van der Waals surface area contributed by atoms with Crippen molar-refractivity contribution >= 4 is 31.5 Å². The standard InChI is InChI=1S/C16H16ClNO4S/c1-11(2)22-16(19)18-14-7-3-12(4-8-14)13-5-9-15(10-6-13)23(17,20)21/h3-11H,1-2H3,(H,18,19). The number of hydrogen-bond acceptors (Lipinski definition) is 4. The quantitative estimate of drug-likeness (QED) is 0.834. The second-order valence-corrected chi connectivity index (χ2v) is 7.68. The molecule has 0 spiro atoms. The van der Waals surface area contributed by atoms with Crippen LogP contribution in [0.25, 0.3) is 11.1 Å². The first kappa shape index (κ1) is 17.3. The number of hydrogen-bond donors (Lipinski definition) is 1. The van der Waals surface area contributed by atoms with Crippen LogP contribution in [0.2, 0.25) is 0 Å². The molecule has 0 radical (unpaired) electrons. The van der Waals surface area contributed by atoms with E-state index in [0.717, 1.165) is 11.1 Å². The maximum absolute atomic E-state index is 11.5. The van der Waals surface area contributed by atoms with Crippen molar-refractivity contribution in [3.63, 3.8) is 0 Å². The predicted octanol–water partition coefficient (Wildman–Crippen LogP) is 4.24. The summed E-state index contributed by atoms with van der Waals surface area (Å²) in [6.07, 6.45) is -0.699. The highest BCUT2D eigenvalue weighted by molar-refractivity contribution is 8.13. The van der Waals surface area contributed by atoms with E-state index in [-0.39, 0.29) is 11.0 Å². The van der Waals surface area contributed by atoms with Gasteiger partial charge in [0, 0.05) is 16.4 Å². The predicted molar refractivity (Wildman–Crippen MR) is 90.2 cm³/mol. The van der Waals surface area contributed by atoms with E-state index in [1.165, 1.54) is 12.1 Å². The molecule has 23 heavy (non-hydrogen) atoms. The zero-order valence-corrected chi connectivity index (χ0v) is 14.2. The van der Waals surface area contributed by atoms with Gasteiger partial charge in [-0.1, -0.05) is 24.3 Å². The highest BCUT2D eigenvalue weighted by Crippen LogP contribution is 2.24. The third-order valence-electron chi connectivity index (χ3n) is 2.94. The Morgan fingerprint density at radius 2 is 1.48 bits per heavy atom. The van der Waals surface area contributed by atoms with Crippen molar-refractivity contribution in [2.24, 2.45) is 0 Å². The van der Waals surface area contributed by atoms with Gasteiger partial charge in [0.05, 0.1) is 11.0 Å². The molecular weight excluding hydrogens is 338 g/mol. The smallest absolute Gasteiger partial charge is 0.411 e. The van der Waals surface area contributed by atoms with Gasteiger partial charge in [-0.3, -0.25) is 5.32 Å². The van der Waals surface area contributed by atoms with Gasteiger partial charge in [0.15, 0.2) is 0 Å². The summed E-state index contributed by atoms with van der Waals surface area (Å²) in [5.41, 5.74) is 2.33. The second-order valence-electron chi connectivity index (χ2n) is 5.12. The Bertz CT molecular complexity index is 784. The van der Waals surface area contributed by atoms with Crippen molar-refractivity contribution in [2.45, 2.75) is 24.8 Å². The molecule has 0 saturated carbocycles. The number of carbonyl (C=O) groups excluding carboxylic acids is 1. The van der Waals surface area contributed by atoms with Gasteiger partial charge in [0.25, 0.3) is 9.05 Å². The van der Waals surface area contributed by atoms with Crippen LogP contribution >= 0.6 is 10.7 Å². The number of rotatable bonds is 4. The normalized spacial score (nSPS) is 11.3. The van der Waals surface area contributed by atoms with Crippen LogP contribution in [-0.2, 0) is 13.8 Å². The molecule has 7 heteroatoms. The van der Waals surface area contributed by atoms with E-state index in [1.807, 2.05) is 12.1 Å². The average molecular weight is 354 g/mol. The molecule has 0 bridgehead atoms. The number of anilines is 1. The van der Waals surface area contributed by atoms with Crippen LogP contribution in [0.15, 0.2) is 53.4 Å². The summed E-state index contributed by atoms with van der Waals surface area (Å²) < 4.78 is 27.4. The highest BCUT2D eigenvalue weighted by Gasteiger charge is 2.10. The molecule has 0 saturated heterocycles. The molecule has 1 amide bonds. The molecule has 2 aromatic carbocycles. The Hall–Kier alpha value is -2.05. The number of nitrogens with one attached hydrogen (secondary N) is 1. The van der Waals surface area contributed by atoms with E-state index in [0.29, 0.717) is 5.69 Å². The summed E-state index contributed by atoms with van der Waals surface area (Å²) in [6.45, 7) is 3.54. The Kier molecular flexibility index (Phi) is 5.28. The van der Waals surface area contributed by atoms with E-state index in [9.17, 15) is 13.2 Å². The van der Waals surface area contributed by atoms with Crippen LogP contribution in [0.3, 0.4) is 0 Å². The molecule has 0 atom stereocenters. The molecule has 2 rings (SSSR count). The molecule has 0 aromatic heterocycles. The van der Waals surface area contributed by atoms with Crippen molar-refractivity contribution in [1.82, 2.24) is 0 Å². The van der Waals surface area contributed by atoms with E-state index in [1.54, 1.807) is 38.1 Å². The topological polar surface area (TPSA) is 72.5 Å². The Morgan fingerprint density at radius 3 is 1.91 bits per heavy atom. The van der Waals surface area contributed by atoms with Gasteiger partial charge >= 0.3 is 6.09 Å². The lowest BCUT2D eigenvalue weighted by Crippen LogP contribution is -2.17. The van der Waals surface area contributed by atoms with Gasteiger partial charge in [-0.2, -0.15) is 0 Å². The maximum Gasteiger partial charge on any atom is 0.411 e. The van der Waals surface area contributed by atoms with Gasteiger partial charge in [0.1, 0.15) is 0 Å². The SMILES string of the molecule is CC(C)OC(=O)Nc1ccc(-c2ccc(S(=O)(=O)Cl)cc2)cc1. The van der Waals surface area contributed by atoms with Crippen molar-refractivity contribution in [2.75, 3.05) is 5.32 Å². The van der Waals surface area contributed by atoms with Gasteiger partial charge in [0.2, 0.25) is 0 Å². The minimum Gasteiger partial charge on any atom is -0.447 e. The molecule has 5 nitrogen and oxygen atoms in total. The average Bonchev–Trinajstić information content (AvgIpc) is 2.46. The summed E-state index contributed by atoms with van der Waals surface area (Å²) in [6, 6.07) is 13.3. The largest absolute Gasteiger partial charge is 0.447 e. The van der Waals surface area contributed by atoms with E-state index < -0.39 is 15.1 Å². The third-order valence-corrected chi connectivity index (χ3v) is 4.31. The molecular formula is C16H16ClNO4S. The van der Waals surface area contributed by atoms with Gasteiger partial charge in [-0.25, -0.2) is 13.2 Å². The lowest BCUT2D eigenvalue weighted by Gasteiger charge is -2.10. The highest BCUT2D eigenvalue weighted by atomic mass is 35.7. The zero-order valence-electron chi connectivity index (χ0n) is 12.6. The van der Waals surface area contributed by atoms with Crippen LogP contribution in [0, 0.1) is 0 Å². The second kappa shape index (κ2) is 7.02. The first-order valence-corrected chi connectivity index (χ1v) is 9.19. The van der Waals surface area contributed by atoms with E-state index >= 15 is 0 Å². The minimum atomic E-state index is -3.72. The molecule has 0 fully saturated rings. The number of benzene rings is 2. The van der Waals surface area contributed by atoms with Crippen LogP contribution < -0.4 is 5.32 Å².